The molecule has 0 saturated carbocycles. The van der Waals surface area contributed by atoms with Crippen LogP contribution < -0.4 is 5.32 Å². The molecule has 1 aromatic carbocycles. The van der Waals surface area contributed by atoms with E-state index in [2.05, 4.69) is 26.1 Å². The number of nitrogens with one attached hydrogen (secondary N) is 1. The zero-order valence-electron chi connectivity index (χ0n) is 13.0. The molecule has 1 atom stereocenters. The Morgan fingerprint density at radius 2 is 1.85 bits per heavy atom. The Balaban J connectivity index is 2.49. The molecular formula is C17H28FNO. The quantitative estimate of drug-likeness (QED) is 0.652. The van der Waals surface area contributed by atoms with Crippen LogP contribution in [0.4, 0.5) is 4.39 Å². The summed E-state index contributed by atoms with van der Waals surface area (Å²) >= 11 is 0. The zero-order valence-corrected chi connectivity index (χ0v) is 13.0. The summed E-state index contributed by atoms with van der Waals surface area (Å²) in [6.07, 6.45) is 3.25. The van der Waals surface area contributed by atoms with Gasteiger partial charge in [-0.2, -0.15) is 0 Å². The van der Waals surface area contributed by atoms with Crippen molar-refractivity contribution < 1.29 is 9.13 Å². The first-order chi connectivity index (χ1) is 9.63. The van der Waals surface area contributed by atoms with Gasteiger partial charge in [-0.15, -0.1) is 0 Å². The highest BCUT2D eigenvalue weighted by atomic mass is 19.1. The lowest BCUT2D eigenvalue weighted by molar-refractivity contribution is 0.123. The largest absolute Gasteiger partial charge is 0.381 e. The van der Waals surface area contributed by atoms with Gasteiger partial charge in [0.25, 0.3) is 0 Å². The number of rotatable bonds is 10. The van der Waals surface area contributed by atoms with Gasteiger partial charge in [0.15, 0.2) is 0 Å². The second-order valence-electron chi connectivity index (χ2n) is 5.57. The molecule has 1 rings (SSSR count). The van der Waals surface area contributed by atoms with E-state index < -0.39 is 0 Å². The highest BCUT2D eigenvalue weighted by molar-refractivity contribution is 5.20. The third-order valence-electron chi connectivity index (χ3n) is 3.37. The van der Waals surface area contributed by atoms with Gasteiger partial charge in [-0.05, 0) is 36.5 Å². The van der Waals surface area contributed by atoms with Crippen LogP contribution >= 0.6 is 0 Å². The zero-order chi connectivity index (χ0) is 14.8. The molecule has 0 bridgehead atoms. The lowest BCUT2D eigenvalue weighted by Crippen LogP contribution is -2.28. The van der Waals surface area contributed by atoms with E-state index in [0.29, 0.717) is 12.0 Å². The Hall–Kier alpha value is -0.930. The average molecular weight is 281 g/mol. The van der Waals surface area contributed by atoms with E-state index in [-0.39, 0.29) is 5.82 Å². The monoisotopic (exact) mass is 281 g/mol. The Kier molecular flexibility index (Phi) is 8.47. The van der Waals surface area contributed by atoms with Gasteiger partial charge in [-0.1, -0.05) is 39.3 Å². The highest BCUT2D eigenvalue weighted by Crippen LogP contribution is 2.19. The topological polar surface area (TPSA) is 21.3 Å². The number of hydrogen-bond acceptors (Lipinski definition) is 2. The fourth-order valence-electron chi connectivity index (χ4n) is 2.07. The summed E-state index contributed by atoms with van der Waals surface area (Å²) in [5, 5.41) is 3.46. The van der Waals surface area contributed by atoms with Gasteiger partial charge in [0.2, 0.25) is 0 Å². The molecule has 0 amide bonds. The predicted octanol–water partition coefficient (Wildman–Crippen LogP) is 4.11. The normalized spacial score (nSPS) is 12.8. The van der Waals surface area contributed by atoms with Crippen molar-refractivity contribution >= 4 is 0 Å². The molecule has 0 aliphatic rings. The lowest BCUT2D eigenvalue weighted by Gasteiger charge is -2.20. The molecule has 20 heavy (non-hydrogen) atoms. The minimum Gasteiger partial charge on any atom is -0.381 e. The predicted molar refractivity (Wildman–Crippen MR) is 82.6 cm³/mol. The van der Waals surface area contributed by atoms with Crippen molar-refractivity contribution in [3.05, 3.63) is 35.6 Å². The molecule has 0 heterocycles. The van der Waals surface area contributed by atoms with E-state index in [0.717, 1.165) is 39.0 Å². The van der Waals surface area contributed by atoms with E-state index in [1.54, 1.807) is 0 Å². The maximum atomic E-state index is 13.0. The minimum atomic E-state index is -0.177. The molecule has 0 aliphatic heterocycles. The van der Waals surface area contributed by atoms with Crippen LogP contribution in [0.15, 0.2) is 24.3 Å². The first-order valence-corrected chi connectivity index (χ1v) is 7.70. The smallest absolute Gasteiger partial charge is 0.123 e. The standard InChI is InChI=1S/C17H28FNO/c1-4-5-11-20-12-10-16(13-19-14(2)3)15-6-8-17(18)9-7-15/h6-9,14,16,19H,4-5,10-13H2,1-3H3. The molecule has 0 radical (unpaired) electrons. The maximum Gasteiger partial charge on any atom is 0.123 e. The Bertz CT molecular complexity index is 351. The number of unbranched alkanes of at least 4 members (excludes halogenated alkanes) is 1. The third-order valence-corrected chi connectivity index (χ3v) is 3.37. The molecule has 1 aromatic rings. The molecule has 3 heteroatoms. The summed E-state index contributed by atoms with van der Waals surface area (Å²) < 4.78 is 18.7. The van der Waals surface area contributed by atoms with E-state index >= 15 is 0 Å². The van der Waals surface area contributed by atoms with Crippen LogP contribution in [0.5, 0.6) is 0 Å². The summed E-state index contributed by atoms with van der Waals surface area (Å²) in [5.74, 6) is 0.197. The third kappa shape index (κ3) is 7.01. The molecule has 0 aliphatic carbocycles. The highest BCUT2D eigenvalue weighted by Gasteiger charge is 2.12. The summed E-state index contributed by atoms with van der Waals surface area (Å²) in [5.41, 5.74) is 1.18. The number of ether oxygens (including phenoxy) is 1. The van der Waals surface area contributed by atoms with Gasteiger partial charge in [0.05, 0.1) is 0 Å². The van der Waals surface area contributed by atoms with Gasteiger partial charge in [0, 0.05) is 25.8 Å². The second-order valence-corrected chi connectivity index (χ2v) is 5.57. The van der Waals surface area contributed by atoms with Gasteiger partial charge >= 0.3 is 0 Å². The first kappa shape index (κ1) is 17.1. The Morgan fingerprint density at radius 3 is 2.45 bits per heavy atom. The van der Waals surface area contributed by atoms with E-state index in [9.17, 15) is 4.39 Å². The van der Waals surface area contributed by atoms with Gasteiger partial charge in [-0.3, -0.25) is 0 Å². The number of hydrogen-bond donors (Lipinski definition) is 1. The number of benzene rings is 1. The van der Waals surface area contributed by atoms with Gasteiger partial charge in [0.1, 0.15) is 5.82 Å². The van der Waals surface area contributed by atoms with Crippen LogP contribution in [-0.4, -0.2) is 25.8 Å². The minimum absolute atomic E-state index is 0.177. The molecular weight excluding hydrogens is 253 g/mol. The van der Waals surface area contributed by atoms with Crippen molar-refractivity contribution in [2.75, 3.05) is 19.8 Å². The molecule has 0 fully saturated rings. The van der Waals surface area contributed by atoms with E-state index in [1.807, 2.05) is 12.1 Å². The summed E-state index contributed by atoms with van der Waals surface area (Å²) in [4.78, 5) is 0. The lowest BCUT2D eigenvalue weighted by atomic mass is 9.95. The van der Waals surface area contributed by atoms with Crippen molar-refractivity contribution in [1.29, 1.82) is 0 Å². The SMILES string of the molecule is CCCCOCCC(CNC(C)C)c1ccc(F)cc1. The van der Waals surface area contributed by atoms with Crippen LogP contribution in [0.3, 0.4) is 0 Å². The molecule has 1 N–H and O–H groups in total. The average Bonchev–Trinajstić information content (AvgIpc) is 2.43. The Morgan fingerprint density at radius 1 is 1.15 bits per heavy atom. The summed E-state index contributed by atoms with van der Waals surface area (Å²) in [7, 11) is 0. The van der Waals surface area contributed by atoms with E-state index in [4.69, 9.17) is 4.74 Å². The van der Waals surface area contributed by atoms with Crippen molar-refractivity contribution in [3.8, 4) is 0 Å². The van der Waals surface area contributed by atoms with Crippen LogP contribution in [0.25, 0.3) is 0 Å². The molecule has 0 aromatic heterocycles. The summed E-state index contributed by atoms with van der Waals surface area (Å²) in [6.45, 7) is 8.95. The first-order valence-electron chi connectivity index (χ1n) is 7.70. The molecule has 2 nitrogen and oxygen atoms in total. The molecule has 1 unspecified atom stereocenters. The summed E-state index contributed by atoms with van der Waals surface area (Å²) in [6, 6.07) is 7.30. The van der Waals surface area contributed by atoms with Crippen LogP contribution in [-0.2, 0) is 4.74 Å². The van der Waals surface area contributed by atoms with Crippen LogP contribution in [0.1, 0.15) is 51.5 Å². The molecule has 0 saturated heterocycles. The Labute approximate surface area is 122 Å². The van der Waals surface area contributed by atoms with Crippen molar-refractivity contribution in [1.82, 2.24) is 5.32 Å². The fraction of sp³-hybridized carbons (Fsp3) is 0.647. The van der Waals surface area contributed by atoms with Crippen LogP contribution in [0, 0.1) is 5.82 Å². The fourth-order valence-corrected chi connectivity index (χ4v) is 2.07. The maximum absolute atomic E-state index is 13.0. The molecule has 0 spiro atoms. The van der Waals surface area contributed by atoms with Crippen molar-refractivity contribution in [2.45, 2.75) is 52.0 Å². The van der Waals surface area contributed by atoms with Crippen LogP contribution in [0.2, 0.25) is 0 Å². The van der Waals surface area contributed by atoms with Crippen molar-refractivity contribution in [2.24, 2.45) is 0 Å². The molecule has 114 valence electrons. The van der Waals surface area contributed by atoms with Gasteiger partial charge < -0.3 is 10.1 Å². The van der Waals surface area contributed by atoms with Gasteiger partial charge in [-0.25, -0.2) is 4.39 Å². The van der Waals surface area contributed by atoms with E-state index in [1.165, 1.54) is 17.7 Å². The number of halogens is 1. The second kappa shape index (κ2) is 9.89. The van der Waals surface area contributed by atoms with Crippen molar-refractivity contribution in [3.63, 3.8) is 0 Å².